The van der Waals surface area contributed by atoms with Gasteiger partial charge in [-0.1, -0.05) is 30.3 Å². The molecule has 2 aliphatic heterocycles. The zero-order valence-corrected chi connectivity index (χ0v) is 22.1. The second-order valence-electron chi connectivity index (χ2n) is 10.4. The van der Waals surface area contributed by atoms with Crippen molar-refractivity contribution in [3.8, 4) is 0 Å². The van der Waals surface area contributed by atoms with E-state index in [0.29, 0.717) is 37.1 Å². The smallest absolute Gasteiger partial charge is 0.364 e. The van der Waals surface area contributed by atoms with Crippen LogP contribution in [-0.2, 0) is 14.6 Å². The van der Waals surface area contributed by atoms with Gasteiger partial charge in [-0.2, -0.15) is 13.2 Å². The maximum atomic E-state index is 13.3. The Morgan fingerprint density at radius 2 is 1.76 bits per heavy atom. The normalized spacial score (nSPS) is 20.9. The average molecular weight is 539 g/mol. The van der Waals surface area contributed by atoms with Crippen LogP contribution in [-0.4, -0.2) is 73.9 Å². The highest BCUT2D eigenvalue weighted by Crippen LogP contribution is 2.39. The van der Waals surface area contributed by atoms with Gasteiger partial charge in [0.2, 0.25) is 0 Å². The van der Waals surface area contributed by atoms with E-state index < -0.39 is 39.5 Å². The molecule has 1 unspecified atom stereocenters. The molecule has 2 fully saturated rings. The van der Waals surface area contributed by atoms with Crippen molar-refractivity contribution in [3.63, 3.8) is 0 Å². The molecule has 0 radical (unpaired) electrons. The number of hydrogen-bond acceptors (Lipinski definition) is 5. The van der Waals surface area contributed by atoms with Gasteiger partial charge in [-0.3, -0.25) is 9.69 Å². The maximum Gasteiger partial charge on any atom is 0.401 e. The number of morpholine rings is 1. The first-order chi connectivity index (χ1) is 17.3. The highest BCUT2D eigenvalue weighted by molar-refractivity contribution is 7.92. The Kier molecular flexibility index (Phi) is 7.74. The molecule has 2 saturated heterocycles. The fraction of sp³-hybridized carbons (Fsp3) is 0.519. The van der Waals surface area contributed by atoms with E-state index in [9.17, 15) is 26.4 Å². The van der Waals surface area contributed by atoms with Crippen molar-refractivity contribution in [1.29, 1.82) is 0 Å². The van der Waals surface area contributed by atoms with Crippen molar-refractivity contribution >= 4 is 15.7 Å². The third-order valence-electron chi connectivity index (χ3n) is 7.21. The molecule has 10 heteroatoms. The lowest BCUT2D eigenvalue weighted by molar-refractivity contribution is -0.205. The number of sulfone groups is 1. The maximum absolute atomic E-state index is 13.3. The summed E-state index contributed by atoms with van der Waals surface area (Å²) < 4.78 is 71.5. The van der Waals surface area contributed by atoms with Crippen LogP contribution in [0.1, 0.15) is 54.3 Å². The Morgan fingerprint density at radius 3 is 2.32 bits per heavy atom. The van der Waals surface area contributed by atoms with E-state index in [2.05, 4.69) is 0 Å². The second kappa shape index (κ2) is 10.4. The largest absolute Gasteiger partial charge is 0.401 e. The Morgan fingerprint density at radius 1 is 1.11 bits per heavy atom. The molecule has 6 nitrogen and oxygen atoms in total. The van der Waals surface area contributed by atoms with Gasteiger partial charge in [-0.05, 0) is 62.9 Å². The monoisotopic (exact) mass is 538 g/mol. The standard InChI is InChI=1S/C27H33F3N2O4S/c1-19(2)37(34,35)24-10-9-22(15-20(24)3)25(33)32-13-11-26(12-14-32)17-31(18-27(28,29)30)16-23(36-26)21-7-5-4-6-8-21/h4-10,15,19,23H,11-14,16-18H2,1-3H3. The van der Waals surface area contributed by atoms with E-state index in [1.165, 1.54) is 17.0 Å². The van der Waals surface area contributed by atoms with Gasteiger partial charge in [0.1, 0.15) is 0 Å². The number of benzene rings is 2. The number of carbonyl (C=O) groups excluding carboxylic acids is 1. The number of likely N-dealkylation sites (tertiary alicyclic amines) is 1. The molecule has 2 aromatic rings. The van der Waals surface area contributed by atoms with Crippen molar-refractivity contribution in [2.45, 2.75) is 61.6 Å². The summed E-state index contributed by atoms with van der Waals surface area (Å²) in [6.45, 7) is 4.88. The van der Waals surface area contributed by atoms with Gasteiger partial charge in [-0.15, -0.1) is 0 Å². The van der Waals surface area contributed by atoms with E-state index in [4.69, 9.17) is 4.74 Å². The van der Waals surface area contributed by atoms with Crippen LogP contribution >= 0.6 is 0 Å². The summed E-state index contributed by atoms with van der Waals surface area (Å²) in [5, 5.41) is -0.571. The van der Waals surface area contributed by atoms with E-state index >= 15 is 0 Å². The van der Waals surface area contributed by atoms with Crippen molar-refractivity contribution in [2.75, 3.05) is 32.7 Å². The minimum atomic E-state index is -4.32. The minimum Gasteiger partial charge on any atom is -0.364 e. The number of alkyl halides is 3. The van der Waals surface area contributed by atoms with Crippen LogP contribution in [0.25, 0.3) is 0 Å². The molecule has 1 spiro atoms. The Labute approximate surface area is 216 Å². The minimum absolute atomic E-state index is 0.152. The lowest BCUT2D eigenvalue weighted by Gasteiger charge is -2.50. The first-order valence-corrected chi connectivity index (χ1v) is 14.0. The summed E-state index contributed by atoms with van der Waals surface area (Å²) in [6, 6.07) is 13.9. The molecular weight excluding hydrogens is 505 g/mol. The van der Waals surface area contributed by atoms with E-state index in [-0.39, 0.29) is 23.9 Å². The van der Waals surface area contributed by atoms with Gasteiger partial charge in [0, 0.05) is 31.7 Å². The number of aryl methyl sites for hydroxylation is 1. The van der Waals surface area contributed by atoms with Gasteiger partial charge in [0.05, 0.1) is 28.4 Å². The van der Waals surface area contributed by atoms with E-state index in [0.717, 1.165) is 5.56 Å². The number of carbonyl (C=O) groups is 1. The molecule has 2 aliphatic rings. The zero-order chi connectivity index (χ0) is 27.0. The predicted octanol–water partition coefficient (Wildman–Crippen LogP) is 4.79. The van der Waals surface area contributed by atoms with Crippen molar-refractivity contribution in [3.05, 3.63) is 65.2 Å². The molecule has 0 aliphatic carbocycles. The van der Waals surface area contributed by atoms with Crippen LogP contribution in [0.5, 0.6) is 0 Å². The number of piperidine rings is 1. The number of amides is 1. The third kappa shape index (κ3) is 6.18. The van der Waals surface area contributed by atoms with Gasteiger partial charge >= 0.3 is 6.18 Å². The molecule has 1 amide bonds. The fourth-order valence-electron chi connectivity index (χ4n) is 5.23. The average Bonchev–Trinajstić information content (AvgIpc) is 2.83. The lowest BCUT2D eigenvalue weighted by Crippen LogP contribution is -2.59. The molecular formula is C27H33F3N2O4S. The van der Waals surface area contributed by atoms with Crippen LogP contribution in [0.3, 0.4) is 0 Å². The topological polar surface area (TPSA) is 66.9 Å². The van der Waals surface area contributed by atoms with Gasteiger partial charge in [0.25, 0.3) is 5.91 Å². The summed E-state index contributed by atoms with van der Waals surface area (Å²) in [5.74, 6) is -0.228. The summed E-state index contributed by atoms with van der Waals surface area (Å²) in [5.41, 5.74) is 0.948. The molecule has 4 rings (SSSR count). The molecule has 0 saturated carbocycles. The summed E-state index contributed by atoms with van der Waals surface area (Å²) in [6.07, 6.45) is -3.98. The van der Waals surface area contributed by atoms with E-state index in [1.54, 1.807) is 31.7 Å². The van der Waals surface area contributed by atoms with Crippen molar-refractivity contribution < 1.29 is 31.1 Å². The van der Waals surface area contributed by atoms with Crippen LogP contribution in [0.15, 0.2) is 53.4 Å². The molecule has 0 bridgehead atoms. The lowest BCUT2D eigenvalue weighted by atomic mass is 9.87. The Hall–Kier alpha value is -2.43. The number of nitrogens with zero attached hydrogens (tertiary/aromatic N) is 2. The Balaban J connectivity index is 1.49. The van der Waals surface area contributed by atoms with Crippen LogP contribution in [0, 0.1) is 6.92 Å². The molecule has 1 atom stereocenters. The summed E-state index contributed by atoms with van der Waals surface area (Å²) in [4.78, 5) is 16.5. The number of hydrogen-bond donors (Lipinski definition) is 0. The third-order valence-corrected chi connectivity index (χ3v) is 9.53. The van der Waals surface area contributed by atoms with Crippen molar-refractivity contribution in [1.82, 2.24) is 9.80 Å². The first-order valence-electron chi connectivity index (χ1n) is 12.5. The van der Waals surface area contributed by atoms with Crippen LogP contribution in [0.2, 0.25) is 0 Å². The van der Waals surface area contributed by atoms with Crippen LogP contribution in [0.4, 0.5) is 13.2 Å². The van der Waals surface area contributed by atoms with Gasteiger partial charge in [-0.25, -0.2) is 8.42 Å². The number of halogens is 3. The summed E-state index contributed by atoms with van der Waals surface area (Å²) >= 11 is 0. The molecule has 0 aromatic heterocycles. The molecule has 202 valence electrons. The van der Waals surface area contributed by atoms with Crippen molar-refractivity contribution in [2.24, 2.45) is 0 Å². The summed E-state index contributed by atoms with van der Waals surface area (Å²) in [7, 11) is -3.47. The predicted molar refractivity (Wildman–Crippen MR) is 134 cm³/mol. The highest BCUT2D eigenvalue weighted by Gasteiger charge is 2.46. The molecule has 0 N–H and O–H groups in total. The quantitative estimate of drug-likeness (QED) is 0.548. The van der Waals surface area contributed by atoms with E-state index in [1.807, 2.05) is 30.3 Å². The van der Waals surface area contributed by atoms with Gasteiger partial charge < -0.3 is 9.64 Å². The molecule has 37 heavy (non-hydrogen) atoms. The second-order valence-corrected chi connectivity index (χ2v) is 12.8. The Bertz CT molecular complexity index is 1220. The first kappa shape index (κ1) is 27.6. The highest BCUT2D eigenvalue weighted by atomic mass is 32.2. The molecule has 2 aromatic carbocycles. The number of rotatable bonds is 5. The zero-order valence-electron chi connectivity index (χ0n) is 21.3. The van der Waals surface area contributed by atoms with Crippen LogP contribution < -0.4 is 0 Å². The molecule has 2 heterocycles. The fourth-order valence-corrected chi connectivity index (χ4v) is 6.50. The SMILES string of the molecule is Cc1cc(C(=O)N2CCC3(CC2)CN(CC(F)(F)F)CC(c2ccccc2)O3)ccc1S(=O)(=O)C(C)C. The van der Waals surface area contributed by atoms with Gasteiger partial charge in [0.15, 0.2) is 9.84 Å². The number of ether oxygens (including phenoxy) is 1.